The lowest BCUT2D eigenvalue weighted by Crippen LogP contribution is -2.46. The molecular formula is C34H33ClF2N8. The predicted octanol–water partition coefficient (Wildman–Crippen LogP) is 8.01. The number of aromatic nitrogens is 4. The second-order valence-electron chi connectivity index (χ2n) is 12.3. The summed E-state index contributed by atoms with van der Waals surface area (Å²) in [5, 5.41) is 26.6. The third-order valence-corrected chi connectivity index (χ3v) is 8.51. The zero-order valence-electron chi connectivity index (χ0n) is 25.2. The van der Waals surface area contributed by atoms with Gasteiger partial charge in [-0.05, 0) is 63.4 Å². The quantitative estimate of drug-likeness (QED) is 0.189. The number of anilines is 3. The Morgan fingerprint density at radius 2 is 1.78 bits per heavy atom. The van der Waals surface area contributed by atoms with Crippen molar-refractivity contribution in [3.8, 4) is 6.07 Å². The van der Waals surface area contributed by atoms with Crippen LogP contribution in [-0.2, 0) is 0 Å². The molecule has 11 heteroatoms. The largest absolute Gasteiger partial charge is 0.371 e. The van der Waals surface area contributed by atoms with Crippen LogP contribution in [-0.4, -0.2) is 43.5 Å². The van der Waals surface area contributed by atoms with Gasteiger partial charge in [-0.2, -0.15) is 5.26 Å². The smallest absolute Gasteiger partial charge is 0.160 e. The monoisotopic (exact) mass is 626 g/mol. The van der Waals surface area contributed by atoms with Crippen LogP contribution in [0.4, 0.5) is 25.8 Å². The maximum atomic E-state index is 14.0. The van der Waals surface area contributed by atoms with Gasteiger partial charge in [0.05, 0.1) is 40.7 Å². The minimum absolute atomic E-state index is 0.132. The molecule has 230 valence electrons. The number of rotatable bonds is 7. The first-order valence-electron chi connectivity index (χ1n) is 14.8. The van der Waals surface area contributed by atoms with E-state index in [9.17, 15) is 14.0 Å². The van der Waals surface area contributed by atoms with E-state index in [1.54, 1.807) is 12.1 Å². The lowest BCUT2D eigenvalue weighted by molar-refractivity contribution is 0.0866. The molecule has 1 fully saturated rings. The van der Waals surface area contributed by atoms with Crippen LogP contribution in [0.5, 0.6) is 0 Å². The molecule has 1 saturated heterocycles. The molecule has 0 amide bonds. The topological polar surface area (TPSA) is 94.7 Å². The molecule has 1 aliphatic heterocycles. The molecule has 3 heterocycles. The summed E-state index contributed by atoms with van der Waals surface area (Å²) in [7, 11) is 0. The fourth-order valence-corrected chi connectivity index (χ4v) is 6.06. The van der Waals surface area contributed by atoms with Gasteiger partial charge in [0, 0.05) is 47.0 Å². The van der Waals surface area contributed by atoms with E-state index in [1.165, 1.54) is 12.3 Å². The Kier molecular flexibility index (Phi) is 8.40. The van der Waals surface area contributed by atoms with Gasteiger partial charge in [0.2, 0.25) is 0 Å². The summed E-state index contributed by atoms with van der Waals surface area (Å²) in [4.78, 5) is 7.11. The Labute approximate surface area is 265 Å². The van der Waals surface area contributed by atoms with Crippen LogP contribution in [0.3, 0.4) is 0 Å². The number of halogens is 3. The number of nitrogens with zero attached hydrogens (tertiary/aromatic N) is 6. The molecule has 0 saturated carbocycles. The first-order valence-corrected chi connectivity index (χ1v) is 15.2. The average molecular weight is 627 g/mol. The van der Waals surface area contributed by atoms with Gasteiger partial charge in [-0.1, -0.05) is 47.1 Å². The Morgan fingerprint density at radius 1 is 1.02 bits per heavy atom. The van der Waals surface area contributed by atoms with Gasteiger partial charge in [-0.25, -0.2) is 13.5 Å². The number of benzene rings is 3. The van der Waals surface area contributed by atoms with E-state index in [0.717, 1.165) is 49.3 Å². The molecule has 0 bridgehead atoms. The number of nitrogens with one attached hydrogen (secondary N) is 2. The molecule has 2 aromatic heterocycles. The van der Waals surface area contributed by atoms with Crippen LogP contribution >= 0.6 is 11.6 Å². The molecular weight excluding hydrogens is 594 g/mol. The van der Waals surface area contributed by atoms with Crippen LogP contribution in [0.25, 0.3) is 10.9 Å². The summed E-state index contributed by atoms with van der Waals surface area (Å²) in [5.74, 6) is -1.97. The number of pyridine rings is 1. The van der Waals surface area contributed by atoms with Gasteiger partial charge in [0.25, 0.3) is 0 Å². The highest BCUT2D eigenvalue weighted by atomic mass is 35.5. The summed E-state index contributed by atoms with van der Waals surface area (Å²) < 4.78 is 29.6. The molecule has 3 aromatic carbocycles. The highest BCUT2D eigenvalue weighted by molar-refractivity contribution is 6.32. The van der Waals surface area contributed by atoms with Crippen LogP contribution in [0.15, 0.2) is 73.1 Å². The molecule has 0 aliphatic carbocycles. The predicted molar refractivity (Wildman–Crippen MR) is 173 cm³/mol. The van der Waals surface area contributed by atoms with Crippen LogP contribution in [0.1, 0.15) is 62.5 Å². The summed E-state index contributed by atoms with van der Waals surface area (Å²) in [6.07, 6.45) is 5.43. The number of nitriles is 1. The summed E-state index contributed by atoms with van der Waals surface area (Å²) in [5.41, 5.74) is 3.86. The summed E-state index contributed by atoms with van der Waals surface area (Å²) in [6.45, 7) is 8.72. The first-order chi connectivity index (χ1) is 21.6. The maximum Gasteiger partial charge on any atom is 0.160 e. The van der Waals surface area contributed by atoms with Crippen molar-refractivity contribution in [2.24, 2.45) is 0 Å². The summed E-state index contributed by atoms with van der Waals surface area (Å²) in [6, 6.07) is 18.8. The zero-order valence-corrected chi connectivity index (χ0v) is 26.0. The minimum atomic E-state index is -1.00. The fourth-order valence-electron chi connectivity index (χ4n) is 5.85. The van der Waals surface area contributed by atoms with Crippen molar-refractivity contribution in [3.05, 3.63) is 107 Å². The van der Waals surface area contributed by atoms with Gasteiger partial charge in [0.15, 0.2) is 11.6 Å². The Morgan fingerprint density at radius 3 is 2.47 bits per heavy atom. The Bertz CT molecular complexity index is 1870. The molecule has 6 rings (SSSR count). The van der Waals surface area contributed by atoms with E-state index < -0.39 is 17.7 Å². The minimum Gasteiger partial charge on any atom is -0.371 e. The van der Waals surface area contributed by atoms with Crippen LogP contribution in [0, 0.1) is 23.0 Å². The van der Waals surface area contributed by atoms with Crippen molar-refractivity contribution in [1.82, 2.24) is 24.9 Å². The van der Waals surface area contributed by atoms with Gasteiger partial charge >= 0.3 is 0 Å². The number of piperidine rings is 1. The second-order valence-corrected chi connectivity index (χ2v) is 12.7. The van der Waals surface area contributed by atoms with Crippen molar-refractivity contribution in [2.45, 2.75) is 51.2 Å². The molecule has 5 aromatic rings. The Balaban J connectivity index is 1.36. The van der Waals surface area contributed by atoms with E-state index in [1.807, 2.05) is 41.2 Å². The SMILES string of the molecule is CC(C)(C)N1CCC(n2cc([C@@H](Nc3cc(Cl)cc4c(Nc5ccc(F)c(F)c5)c(C#N)cnc34)c3ccccc3)nn2)CC1. The number of hydrogen-bond donors (Lipinski definition) is 2. The van der Waals surface area contributed by atoms with Gasteiger partial charge in [-0.15, -0.1) is 5.10 Å². The number of likely N-dealkylation sites (tertiary alicyclic amines) is 1. The van der Waals surface area contributed by atoms with E-state index in [2.05, 4.69) is 57.7 Å². The molecule has 2 N–H and O–H groups in total. The van der Waals surface area contributed by atoms with Crippen molar-refractivity contribution in [2.75, 3.05) is 23.7 Å². The van der Waals surface area contributed by atoms with Crippen molar-refractivity contribution < 1.29 is 8.78 Å². The molecule has 45 heavy (non-hydrogen) atoms. The van der Waals surface area contributed by atoms with E-state index in [-0.39, 0.29) is 22.8 Å². The van der Waals surface area contributed by atoms with Crippen molar-refractivity contribution in [3.63, 3.8) is 0 Å². The highest BCUT2D eigenvalue weighted by Crippen LogP contribution is 2.38. The van der Waals surface area contributed by atoms with Crippen molar-refractivity contribution >= 4 is 39.6 Å². The van der Waals surface area contributed by atoms with Gasteiger partial charge in [-0.3, -0.25) is 9.88 Å². The van der Waals surface area contributed by atoms with Crippen LogP contribution in [0.2, 0.25) is 5.02 Å². The lowest BCUT2D eigenvalue weighted by atomic mass is 9.98. The number of fused-ring (bicyclic) bond motifs is 1. The van der Waals surface area contributed by atoms with E-state index >= 15 is 0 Å². The molecule has 1 atom stereocenters. The fraction of sp³-hybridized carbons (Fsp3) is 0.294. The first kappa shape index (κ1) is 30.4. The molecule has 0 radical (unpaired) electrons. The van der Waals surface area contributed by atoms with Gasteiger partial charge < -0.3 is 10.6 Å². The maximum absolute atomic E-state index is 14.0. The average Bonchev–Trinajstić information content (AvgIpc) is 3.52. The molecule has 0 unspecified atom stereocenters. The van der Waals surface area contributed by atoms with Crippen molar-refractivity contribution in [1.29, 1.82) is 5.26 Å². The number of hydrogen-bond acceptors (Lipinski definition) is 7. The standard InChI is InChI=1S/C34H33ClF2N8/c1-34(2,3)44-13-11-25(12-14-44)45-20-30(42-43-45)32(21-7-5-4-6-8-21)41-29-16-23(35)15-26-31(22(18-38)19-39-33(26)29)40-24-9-10-27(36)28(37)17-24/h4-10,15-17,19-20,25,32,41H,11-14H2,1-3H3,(H,39,40)/t32-/m0/s1. The summed E-state index contributed by atoms with van der Waals surface area (Å²) >= 11 is 6.64. The highest BCUT2D eigenvalue weighted by Gasteiger charge is 2.29. The third-order valence-electron chi connectivity index (χ3n) is 8.29. The lowest BCUT2D eigenvalue weighted by Gasteiger charge is -2.40. The van der Waals surface area contributed by atoms with Gasteiger partial charge in [0.1, 0.15) is 11.8 Å². The third kappa shape index (κ3) is 6.46. The van der Waals surface area contributed by atoms with E-state index in [4.69, 9.17) is 11.6 Å². The second kappa shape index (κ2) is 12.4. The molecule has 1 aliphatic rings. The van der Waals surface area contributed by atoms with Crippen LogP contribution < -0.4 is 10.6 Å². The zero-order chi connectivity index (χ0) is 31.7. The van der Waals surface area contributed by atoms with E-state index in [0.29, 0.717) is 27.3 Å². The Hall–Kier alpha value is -4.59. The normalized spacial score (nSPS) is 15.1. The molecule has 0 spiro atoms. The molecule has 8 nitrogen and oxygen atoms in total.